The van der Waals surface area contributed by atoms with E-state index in [1.54, 1.807) is 19.1 Å². The molecule has 1 aromatic rings. The van der Waals surface area contributed by atoms with Gasteiger partial charge in [0, 0.05) is 31.1 Å². The molecule has 4 nitrogen and oxygen atoms in total. The van der Waals surface area contributed by atoms with Crippen molar-refractivity contribution in [3.63, 3.8) is 0 Å². The Morgan fingerprint density at radius 3 is 2.40 bits per heavy atom. The molecule has 0 aliphatic carbocycles. The number of sulfone groups is 1. The third-order valence-corrected chi connectivity index (χ3v) is 5.71. The lowest BCUT2D eigenvalue weighted by molar-refractivity contribution is -0.123. The third kappa shape index (κ3) is 3.03. The molecule has 0 spiro atoms. The lowest BCUT2D eigenvalue weighted by Gasteiger charge is -2.33. The predicted molar refractivity (Wildman–Crippen MR) is 79.8 cm³/mol. The number of anilines is 1. The largest absolute Gasteiger partial charge is 0.370 e. The number of carbonyl (C=O) groups excluding carboxylic acids is 1. The van der Waals surface area contributed by atoms with E-state index >= 15 is 0 Å². The van der Waals surface area contributed by atoms with Crippen LogP contribution in [0.4, 0.5) is 5.69 Å². The molecule has 2 rings (SSSR count). The lowest BCUT2D eigenvalue weighted by Crippen LogP contribution is -2.40. The smallest absolute Gasteiger partial charge is 0.178 e. The van der Waals surface area contributed by atoms with Gasteiger partial charge in [-0.1, -0.05) is 13.8 Å². The highest BCUT2D eigenvalue weighted by Gasteiger charge is 2.25. The summed E-state index contributed by atoms with van der Waals surface area (Å²) in [6, 6.07) is 6.99. The summed E-state index contributed by atoms with van der Waals surface area (Å²) in [7, 11) is -3.14. The van der Waals surface area contributed by atoms with Gasteiger partial charge in [-0.05, 0) is 30.7 Å². The van der Waals surface area contributed by atoms with Crippen LogP contribution >= 0.6 is 0 Å². The zero-order valence-electron chi connectivity index (χ0n) is 12.0. The molecule has 1 fully saturated rings. The minimum absolute atomic E-state index is 0.0998. The fraction of sp³-hybridized carbons (Fsp3) is 0.533. The molecule has 0 bridgehead atoms. The summed E-state index contributed by atoms with van der Waals surface area (Å²) in [4.78, 5) is 14.2. The van der Waals surface area contributed by atoms with Gasteiger partial charge in [0.2, 0.25) is 0 Å². The summed E-state index contributed by atoms with van der Waals surface area (Å²) in [5, 5.41) is 0. The number of ketones is 1. The topological polar surface area (TPSA) is 54.5 Å². The maximum absolute atomic E-state index is 11.8. The van der Waals surface area contributed by atoms with Gasteiger partial charge in [0.05, 0.1) is 10.6 Å². The van der Waals surface area contributed by atoms with Crippen molar-refractivity contribution in [2.75, 3.05) is 23.7 Å². The van der Waals surface area contributed by atoms with Crippen molar-refractivity contribution in [1.29, 1.82) is 0 Å². The zero-order valence-corrected chi connectivity index (χ0v) is 12.8. The molecule has 1 heterocycles. The van der Waals surface area contributed by atoms with E-state index in [4.69, 9.17) is 0 Å². The van der Waals surface area contributed by atoms with E-state index in [1.807, 2.05) is 19.1 Å². The Labute approximate surface area is 120 Å². The molecule has 1 aliphatic rings. The third-order valence-electron chi connectivity index (χ3n) is 3.96. The van der Waals surface area contributed by atoms with Gasteiger partial charge in [-0.25, -0.2) is 8.42 Å². The highest BCUT2D eigenvalue weighted by molar-refractivity contribution is 7.91. The number of benzene rings is 1. The van der Waals surface area contributed by atoms with Crippen molar-refractivity contribution < 1.29 is 13.2 Å². The van der Waals surface area contributed by atoms with Gasteiger partial charge in [0.25, 0.3) is 0 Å². The molecule has 0 amide bonds. The zero-order chi connectivity index (χ0) is 14.8. The van der Waals surface area contributed by atoms with Crippen molar-refractivity contribution in [3.8, 4) is 0 Å². The Hall–Kier alpha value is -1.36. The molecule has 0 radical (unpaired) electrons. The highest BCUT2D eigenvalue weighted by atomic mass is 32.2. The van der Waals surface area contributed by atoms with Crippen LogP contribution in [0.5, 0.6) is 0 Å². The van der Waals surface area contributed by atoms with Crippen molar-refractivity contribution in [2.24, 2.45) is 5.92 Å². The van der Waals surface area contributed by atoms with Crippen LogP contribution < -0.4 is 4.90 Å². The van der Waals surface area contributed by atoms with E-state index < -0.39 is 9.84 Å². The van der Waals surface area contributed by atoms with Crippen LogP contribution in [0.2, 0.25) is 0 Å². The second-order valence-corrected chi connectivity index (χ2v) is 7.44. The second-order valence-electron chi connectivity index (χ2n) is 5.16. The van der Waals surface area contributed by atoms with Crippen LogP contribution in [0.25, 0.3) is 0 Å². The fourth-order valence-electron chi connectivity index (χ4n) is 2.53. The SMILES string of the molecule is CCC1CN(c2ccc(S(=O)(=O)CC)cc2)CCC1=O. The minimum atomic E-state index is -3.14. The van der Waals surface area contributed by atoms with Gasteiger partial charge in [0.1, 0.15) is 5.78 Å². The second kappa shape index (κ2) is 5.95. The first kappa shape index (κ1) is 15.0. The molecule has 5 heteroatoms. The van der Waals surface area contributed by atoms with E-state index in [0.29, 0.717) is 17.1 Å². The van der Waals surface area contributed by atoms with E-state index in [9.17, 15) is 13.2 Å². The maximum Gasteiger partial charge on any atom is 0.178 e. The molecule has 0 N–H and O–H groups in total. The number of hydrogen-bond acceptors (Lipinski definition) is 4. The number of carbonyl (C=O) groups is 1. The Kier molecular flexibility index (Phi) is 4.48. The highest BCUT2D eigenvalue weighted by Crippen LogP contribution is 2.24. The van der Waals surface area contributed by atoms with Crippen LogP contribution in [-0.2, 0) is 14.6 Å². The van der Waals surface area contributed by atoms with Crippen molar-refractivity contribution in [2.45, 2.75) is 31.6 Å². The standard InChI is InChI=1S/C15H21NO3S/c1-3-12-11-16(10-9-15(12)17)13-5-7-14(8-6-13)20(18,19)4-2/h5-8,12H,3-4,9-11H2,1-2H3. The fourth-order valence-corrected chi connectivity index (χ4v) is 3.41. The molecule has 1 unspecified atom stereocenters. The van der Waals surface area contributed by atoms with E-state index in [1.165, 1.54) is 0 Å². The summed E-state index contributed by atoms with van der Waals surface area (Å²) in [6.07, 6.45) is 1.44. The number of hydrogen-bond donors (Lipinski definition) is 0. The maximum atomic E-state index is 11.8. The van der Waals surface area contributed by atoms with Gasteiger partial charge in [-0.2, -0.15) is 0 Å². The minimum Gasteiger partial charge on any atom is -0.370 e. The molecule has 1 atom stereocenters. The number of rotatable bonds is 4. The first-order chi connectivity index (χ1) is 9.47. The van der Waals surface area contributed by atoms with Gasteiger partial charge < -0.3 is 4.90 Å². The monoisotopic (exact) mass is 295 g/mol. The normalized spacial score (nSPS) is 20.2. The Morgan fingerprint density at radius 2 is 1.85 bits per heavy atom. The van der Waals surface area contributed by atoms with Gasteiger partial charge in [0.15, 0.2) is 9.84 Å². The molecule has 1 aromatic carbocycles. The van der Waals surface area contributed by atoms with Crippen LogP contribution in [0.1, 0.15) is 26.7 Å². The van der Waals surface area contributed by atoms with Gasteiger partial charge in [-0.3, -0.25) is 4.79 Å². The first-order valence-electron chi connectivity index (χ1n) is 7.08. The Balaban J connectivity index is 2.17. The Bertz CT molecular complexity index is 578. The lowest BCUT2D eigenvalue weighted by atomic mass is 9.94. The molecule has 0 aromatic heterocycles. The van der Waals surface area contributed by atoms with E-state index in [-0.39, 0.29) is 11.7 Å². The Morgan fingerprint density at radius 1 is 1.20 bits per heavy atom. The molecule has 1 saturated heterocycles. The van der Waals surface area contributed by atoms with Crippen LogP contribution in [-0.4, -0.2) is 33.0 Å². The average Bonchev–Trinajstić information content (AvgIpc) is 2.48. The average molecular weight is 295 g/mol. The number of Topliss-reactive ketones (excluding diaryl/α,β-unsaturated/α-hetero) is 1. The summed E-state index contributed by atoms with van der Waals surface area (Å²) >= 11 is 0. The molecular weight excluding hydrogens is 274 g/mol. The van der Waals surface area contributed by atoms with Crippen LogP contribution in [0, 0.1) is 5.92 Å². The van der Waals surface area contributed by atoms with Crippen molar-refractivity contribution in [1.82, 2.24) is 0 Å². The predicted octanol–water partition coefficient (Wildman–Crippen LogP) is 2.29. The molecule has 20 heavy (non-hydrogen) atoms. The summed E-state index contributed by atoms with van der Waals surface area (Å²) < 4.78 is 23.5. The van der Waals surface area contributed by atoms with E-state index in [2.05, 4.69) is 4.90 Å². The number of nitrogens with zero attached hydrogens (tertiary/aromatic N) is 1. The summed E-state index contributed by atoms with van der Waals surface area (Å²) in [5.41, 5.74) is 0.992. The molecule has 110 valence electrons. The molecule has 1 aliphatic heterocycles. The summed E-state index contributed by atoms with van der Waals surface area (Å²) in [5.74, 6) is 0.555. The quantitative estimate of drug-likeness (QED) is 0.855. The van der Waals surface area contributed by atoms with Gasteiger partial charge >= 0.3 is 0 Å². The molecular formula is C15H21NO3S. The van der Waals surface area contributed by atoms with Crippen LogP contribution in [0.15, 0.2) is 29.2 Å². The number of piperidine rings is 1. The molecule has 0 saturated carbocycles. The van der Waals surface area contributed by atoms with E-state index in [0.717, 1.165) is 25.2 Å². The van der Waals surface area contributed by atoms with Gasteiger partial charge in [-0.15, -0.1) is 0 Å². The first-order valence-corrected chi connectivity index (χ1v) is 8.73. The summed E-state index contributed by atoms with van der Waals surface area (Å²) in [6.45, 7) is 5.12. The van der Waals surface area contributed by atoms with Crippen LogP contribution in [0.3, 0.4) is 0 Å². The van der Waals surface area contributed by atoms with Crippen molar-refractivity contribution >= 4 is 21.3 Å². The van der Waals surface area contributed by atoms with Crippen molar-refractivity contribution in [3.05, 3.63) is 24.3 Å².